The number of carbonyl (C=O) groups is 1. The lowest BCUT2D eigenvalue weighted by Gasteiger charge is -2.38. The number of rotatable bonds is 5. The zero-order valence-electron chi connectivity index (χ0n) is 16.5. The zero-order chi connectivity index (χ0) is 19.4. The van der Waals surface area contributed by atoms with Crippen LogP contribution in [0.2, 0.25) is 0 Å². The molecule has 1 saturated carbocycles. The molecule has 0 unspecified atom stereocenters. The van der Waals surface area contributed by atoms with Gasteiger partial charge in [0.1, 0.15) is 5.54 Å². The molecule has 0 bridgehead atoms. The van der Waals surface area contributed by atoms with Crippen LogP contribution in [0, 0.1) is 0 Å². The van der Waals surface area contributed by atoms with Crippen molar-refractivity contribution in [1.82, 2.24) is 14.7 Å². The Morgan fingerprint density at radius 2 is 1.78 bits per heavy atom. The van der Waals surface area contributed by atoms with Gasteiger partial charge in [0.2, 0.25) is 5.91 Å². The van der Waals surface area contributed by atoms with Gasteiger partial charge in [-0.15, -0.1) is 0 Å². The van der Waals surface area contributed by atoms with Crippen molar-refractivity contribution < 1.29 is 4.79 Å². The summed E-state index contributed by atoms with van der Waals surface area (Å²) in [5.74, 6) is -0.0308. The third kappa shape index (κ3) is 3.97. The Bertz CT molecular complexity index is 836. The zero-order valence-corrected chi connectivity index (χ0v) is 16.5. The number of carbonyl (C=O) groups excluding carboxylic acids is 1. The van der Waals surface area contributed by atoms with E-state index in [0.717, 1.165) is 31.2 Å². The van der Waals surface area contributed by atoms with Crippen LogP contribution >= 0.6 is 0 Å². The molecule has 1 fully saturated rings. The minimum Gasteiger partial charge on any atom is -0.338 e. The van der Waals surface area contributed by atoms with E-state index in [1.165, 1.54) is 17.2 Å². The second kappa shape index (κ2) is 8.07. The van der Waals surface area contributed by atoms with Crippen molar-refractivity contribution >= 4 is 5.91 Å². The van der Waals surface area contributed by atoms with Gasteiger partial charge in [-0.05, 0) is 39.7 Å². The highest BCUT2D eigenvalue weighted by Crippen LogP contribution is 2.26. The Labute approximate surface area is 161 Å². The first kappa shape index (κ1) is 19.3. The molecule has 1 aromatic carbocycles. The monoisotopic (exact) mass is 367 g/mol. The molecule has 0 saturated heterocycles. The van der Waals surface area contributed by atoms with E-state index in [9.17, 15) is 9.59 Å². The van der Waals surface area contributed by atoms with E-state index in [4.69, 9.17) is 0 Å². The normalized spacial score (nSPS) is 15.5. The molecule has 1 aromatic heterocycles. The summed E-state index contributed by atoms with van der Waals surface area (Å²) in [6, 6.07) is 13.2. The van der Waals surface area contributed by atoms with Gasteiger partial charge >= 0.3 is 0 Å². The van der Waals surface area contributed by atoms with E-state index in [2.05, 4.69) is 5.10 Å². The number of hydrogen-bond acceptors (Lipinski definition) is 3. The van der Waals surface area contributed by atoms with Crippen LogP contribution < -0.4 is 5.56 Å². The molecule has 0 radical (unpaired) electrons. The molecule has 0 spiro atoms. The van der Waals surface area contributed by atoms with Gasteiger partial charge in [0.25, 0.3) is 5.56 Å². The third-order valence-corrected chi connectivity index (χ3v) is 5.54. The quantitative estimate of drug-likeness (QED) is 0.807. The topological polar surface area (TPSA) is 55.2 Å². The summed E-state index contributed by atoms with van der Waals surface area (Å²) in [7, 11) is 0. The van der Waals surface area contributed by atoms with Crippen LogP contribution in [0.3, 0.4) is 0 Å². The van der Waals surface area contributed by atoms with E-state index in [1.807, 2.05) is 42.2 Å². The van der Waals surface area contributed by atoms with Crippen LogP contribution in [0.1, 0.15) is 52.9 Å². The van der Waals surface area contributed by atoms with Gasteiger partial charge in [0, 0.05) is 24.2 Å². The SMILES string of the molecule is CCN(C(=O)C(C)(C)n1nc(-c2ccccc2)ccc1=O)C1CCCCC1. The maximum atomic E-state index is 13.4. The molecule has 5 nitrogen and oxygen atoms in total. The predicted molar refractivity (Wildman–Crippen MR) is 108 cm³/mol. The summed E-state index contributed by atoms with van der Waals surface area (Å²) in [5, 5.41) is 4.55. The largest absolute Gasteiger partial charge is 0.338 e. The second-order valence-electron chi connectivity index (χ2n) is 7.78. The highest BCUT2D eigenvalue weighted by atomic mass is 16.2. The lowest BCUT2D eigenvalue weighted by atomic mass is 9.92. The van der Waals surface area contributed by atoms with Crippen molar-refractivity contribution in [2.45, 2.75) is 64.5 Å². The first-order valence-electron chi connectivity index (χ1n) is 9.92. The van der Waals surface area contributed by atoms with Crippen molar-refractivity contribution in [1.29, 1.82) is 0 Å². The van der Waals surface area contributed by atoms with Crippen molar-refractivity contribution in [3.05, 3.63) is 52.8 Å². The number of benzene rings is 1. The predicted octanol–water partition coefficient (Wildman–Crippen LogP) is 3.83. The van der Waals surface area contributed by atoms with Crippen LogP contribution in [0.25, 0.3) is 11.3 Å². The third-order valence-electron chi connectivity index (χ3n) is 5.54. The van der Waals surface area contributed by atoms with Crippen molar-refractivity contribution in [2.75, 3.05) is 6.54 Å². The fourth-order valence-electron chi connectivity index (χ4n) is 3.98. The Morgan fingerprint density at radius 3 is 2.41 bits per heavy atom. The van der Waals surface area contributed by atoms with Crippen LogP contribution in [-0.2, 0) is 10.3 Å². The Balaban J connectivity index is 1.95. The molecule has 5 heteroatoms. The van der Waals surface area contributed by atoms with E-state index >= 15 is 0 Å². The molecular weight excluding hydrogens is 338 g/mol. The second-order valence-corrected chi connectivity index (χ2v) is 7.78. The molecule has 27 heavy (non-hydrogen) atoms. The molecular formula is C22H29N3O2. The summed E-state index contributed by atoms with van der Waals surface area (Å²) in [6.45, 7) is 6.26. The van der Waals surface area contributed by atoms with E-state index in [0.29, 0.717) is 12.2 Å². The average molecular weight is 367 g/mol. The van der Waals surface area contributed by atoms with Crippen molar-refractivity contribution in [3.8, 4) is 11.3 Å². The van der Waals surface area contributed by atoms with Gasteiger partial charge in [0.15, 0.2) is 0 Å². The van der Waals surface area contributed by atoms with Gasteiger partial charge in [-0.1, -0.05) is 49.6 Å². The number of likely N-dealkylation sites (N-methyl/N-ethyl adjacent to an activating group) is 1. The van der Waals surface area contributed by atoms with E-state index < -0.39 is 5.54 Å². The molecule has 1 aliphatic carbocycles. The molecule has 1 heterocycles. The van der Waals surface area contributed by atoms with E-state index in [1.54, 1.807) is 19.9 Å². The first-order valence-corrected chi connectivity index (χ1v) is 9.92. The molecule has 144 valence electrons. The first-order chi connectivity index (χ1) is 12.9. The van der Waals surface area contributed by atoms with Gasteiger partial charge in [-0.3, -0.25) is 9.59 Å². The molecule has 1 aliphatic rings. The molecule has 3 rings (SSSR count). The van der Waals surface area contributed by atoms with Crippen molar-refractivity contribution in [2.24, 2.45) is 0 Å². The Kier molecular flexibility index (Phi) is 5.78. The Morgan fingerprint density at radius 1 is 1.11 bits per heavy atom. The van der Waals surface area contributed by atoms with Gasteiger partial charge < -0.3 is 4.90 Å². The van der Waals surface area contributed by atoms with Crippen LogP contribution in [0.4, 0.5) is 0 Å². The fraction of sp³-hybridized carbons (Fsp3) is 0.500. The Hall–Kier alpha value is -2.43. The van der Waals surface area contributed by atoms with Gasteiger partial charge in [0.05, 0.1) is 5.69 Å². The summed E-state index contributed by atoms with van der Waals surface area (Å²) in [4.78, 5) is 27.9. The maximum absolute atomic E-state index is 13.4. The lowest BCUT2D eigenvalue weighted by Crippen LogP contribution is -2.54. The molecule has 0 atom stereocenters. The summed E-state index contributed by atoms with van der Waals surface area (Å²) >= 11 is 0. The molecule has 2 aromatic rings. The van der Waals surface area contributed by atoms with E-state index in [-0.39, 0.29) is 17.5 Å². The summed E-state index contributed by atoms with van der Waals surface area (Å²) in [6.07, 6.45) is 5.66. The van der Waals surface area contributed by atoms with Gasteiger partial charge in [-0.2, -0.15) is 5.10 Å². The number of amides is 1. The van der Waals surface area contributed by atoms with Crippen LogP contribution in [0.5, 0.6) is 0 Å². The average Bonchev–Trinajstić information content (AvgIpc) is 2.70. The standard InChI is InChI=1S/C22H29N3O2/c1-4-24(18-13-9-6-10-14-18)21(27)22(2,3)25-20(26)16-15-19(23-25)17-11-7-5-8-12-17/h5,7-8,11-12,15-16,18H,4,6,9-10,13-14H2,1-3H3. The molecule has 1 amide bonds. The summed E-state index contributed by atoms with van der Waals surface area (Å²) in [5.41, 5.74) is 0.327. The maximum Gasteiger partial charge on any atom is 0.267 e. The minimum atomic E-state index is -1.03. The number of hydrogen-bond donors (Lipinski definition) is 0. The molecule has 0 N–H and O–H groups in total. The number of aromatic nitrogens is 2. The highest BCUT2D eigenvalue weighted by molar-refractivity contribution is 5.84. The lowest BCUT2D eigenvalue weighted by molar-refractivity contribution is -0.142. The minimum absolute atomic E-state index is 0.0308. The van der Waals surface area contributed by atoms with Crippen LogP contribution in [-0.4, -0.2) is 33.2 Å². The van der Waals surface area contributed by atoms with Gasteiger partial charge in [-0.25, -0.2) is 4.68 Å². The smallest absolute Gasteiger partial charge is 0.267 e. The summed E-state index contributed by atoms with van der Waals surface area (Å²) < 4.78 is 1.35. The molecule has 0 aliphatic heterocycles. The highest BCUT2D eigenvalue weighted by Gasteiger charge is 2.38. The van der Waals surface area contributed by atoms with Crippen molar-refractivity contribution in [3.63, 3.8) is 0 Å². The van der Waals surface area contributed by atoms with Crippen LogP contribution in [0.15, 0.2) is 47.3 Å². The number of nitrogens with zero attached hydrogens (tertiary/aromatic N) is 3. The fourth-order valence-corrected chi connectivity index (χ4v) is 3.98.